The second kappa shape index (κ2) is 7.26. The second-order valence-corrected chi connectivity index (χ2v) is 6.27. The molecule has 0 saturated carbocycles. The zero-order valence-corrected chi connectivity index (χ0v) is 13.0. The highest BCUT2D eigenvalue weighted by molar-refractivity contribution is 7.90. The van der Waals surface area contributed by atoms with Crippen molar-refractivity contribution in [3.63, 3.8) is 0 Å². The van der Waals surface area contributed by atoms with Gasteiger partial charge in [0.05, 0.1) is 5.69 Å². The third kappa shape index (κ3) is 4.21. The minimum Gasteiger partial charge on any atom is -0.261 e. The van der Waals surface area contributed by atoms with Gasteiger partial charge in [0, 0.05) is 13.1 Å². The van der Waals surface area contributed by atoms with Crippen LogP contribution in [0.5, 0.6) is 0 Å². The van der Waals surface area contributed by atoms with Gasteiger partial charge >= 0.3 is 10.2 Å². The van der Waals surface area contributed by atoms with Crippen LogP contribution in [-0.2, 0) is 10.2 Å². The van der Waals surface area contributed by atoms with Gasteiger partial charge in [0.1, 0.15) is 0 Å². The number of benzene rings is 1. The summed E-state index contributed by atoms with van der Waals surface area (Å²) >= 11 is 0. The number of rotatable bonds is 7. The van der Waals surface area contributed by atoms with Crippen molar-refractivity contribution in [3.05, 3.63) is 54.6 Å². The lowest BCUT2D eigenvalue weighted by atomic mass is 10.1. The van der Waals surface area contributed by atoms with E-state index in [1.165, 1.54) is 11.4 Å². The molecule has 0 aliphatic heterocycles. The largest absolute Gasteiger partial charge is 0.301 e. The summed E-state index contributed by atoms with van der Waals surface area (Å²) in [5, 5.41) is 0. The van der Waals surface area contributed by atoms with E-state index in [-0.39, 0.29) is 6.04 Å². The number of allylic oxidation sites excluding steroid dienone is 2. The molecule has 0 fully saturated rings. The van der Waals surface area contributed by atoms with Crippen molar-refractivity contribution in [2.45, 2.75) is 26.3 Å². The third-order valence-electron chi connectivity index (χ3n) is 3.11. The van der Waals surface area contributed by atoms with Crippen molar-refractivity contribution >= 4 is 15.9 Å². The summed E-state index contributed by atoms with van der Waals surface area (Å²) in [5.74, 6) is 0. The second-order valence-electron chi connectivity index (χ2n) is 4.53. The highest BCUT2D eigenvalue weighted by Crippen LogP contribution is 2.16. The van der Waals surface area contributed by atoms with Crippen molar-refractivity contribution < 1.29 is 8.42 Å². The summed E-state index contributed by atoms with van der Waals surface area (Å²) in [6, 6.07) is 8.75. The zero-order chi connectivity index (χ0) is 15.2. The number of nitrogens with zero attached hydrogens (tertiary/aromatic N) is 1. The van der Waals surface area contributed by atoms with Gasteiger partial charge in [-0.15, -0.1) is 0 Å². The molecule has 20 heavy (non-hydrogen) atoms. The zero-order valence-electron chi connectivity index (χ0n) is 12.2. The predicted molar refractivity (Wildman–Crippen MR) is 84.9 cm³/mol. The number of hydrogen-bond donors (Lipinski definition) is 1. The average molecular weight is 294 g/mol. The standard InChI is InChI=1S/C15H22N2O2S/c1-5-10-13(3)15(6-2)16-20(18,19)17(4)14-11-8-7-9-12-14/h5,7-12,15-16H,1,6H2,2-4H3/b13-10+/t15-/m0/s1. The van der Waals surface area contributed by atoms with Crippen molar-refractivity contribution in [1.82, 2.24) is 4.72 Å². The van der Waals surface area contributed by atoms with E-state index in [1.807, 2.05) is 38.1 Å². The summed E-state index contributed by atoms with van der Waals surface area (Å²) < 4.78 is 28.7. The van der Waals surface area contributed by atoms with E-state index in [4.69, 9.17) is 0 Å². The highest BCUT2D eigenvalue weighted by Gasteiger charge is 2.22. The van der Waals surface area contributed by atoms with Gasteiger partial charge in [-0.2, -0.15) is 13.1 Å². The first-order valence-electron chi connectivity index (χ1n) is 6.52. The van der Waals surface area contributed by atoms with E-state index < -0.39 is 10.2 Å². The van der Waals surface area contributed by atoms with Gasteiger partial charge in [0.25, 0.3) is 0 Å². The molecule has 0 aromatic heterocycles. The van der Waals surface area contributed by atoms with Crippen LogP contribution in [0.2, 0.25) is 0 Å². The molecule has 5 heteroatoms. The van der Waals surface area contributed by atoms with Crippen molar-refractivity contribution in [3.8, 4) is 0 Å². The lowest BCUT2D eigenvalue weighted by Crippen LogP contribution is -2.44. The van der Waals surface area contributed by atoms with Crippen LogP contribution >= 0.6 is 0 Å². The van der Waals surface area contributed by atoms with Gasteiger partial charge in [-0.1, -0.05) is 49.4 Å². The number of anilines is 1. The Morgan fingerprint density at radius 1 is 1.40 bits per heavy atom. The van der Waals surface area contributed by atoms with Crippen molar-refractivity contribution in [2.75, 3.05) is 11.4 Å². The molecular weight excluding hydrogens is 272 g/mol. The molecule has 0 unspecified atom stereocenters. The monoisotopic (exact) mass is 294 g/mol. The summed E-state index contributed by atoms with van der Waals surface area (Å²) in [6.07, 6.45) is 4.16. The lowest BCUT2D eigenvalue weighted by Gasteiger charge is -2.24. The van der Waals surface area contributed by atoms with E-state index >= 15 is 0 Å². The lowest BCUT2D eigenvalue weighted by molar-refractivity contribution is 0.560. The molecule has 0 aliphatic rings. The molecule has 4 nitrogen and oxygen atoms in total. The van der Waals surface area contributed by atoms with Gasteiger partial charge in [-0.05, 0) is 25.5 Å². The Labute approximate surface area is 122 Å². The smallest absolute Gasteiger partial charge is 0.261 e. The van der Waals surface area contributed by atoms with Crippen LogP contribution in [0.3, 0.4) is 0 Å². The molecule has 0 spiro atoms. The van der Waals surface area contributed by atoms with Crippen molar-refractivity contribution in [2.24, 2.45) is 0 Å². The fraction of sp³-hybridized carbons (Fsp3) is 0.333. The minimum absolute atomic E-state index is 0.232. The molecule has 1 N–H and O–H groups in total. The maximum absolute atomic E-state index is 12.4. The molecule has 0 aliphatic carbocycles. The van der Waals surface area contributed by atoms with Gasteiger partial charge < -0.3 is 0 Å². The first kappa shape index (κ1) is 16.5. The van der Waals surface area contributed by atoms with Gasteiger partial charge in [-0.25, -0.2) is 0 Å². The summed E-state index contributed by atoms with van der Waals surface area (Å²) in [7, 11) is -2.04. The Morgan fingerprint density at radius 2 is 2.00 bits per heavy atom. The molecule has 1 atom stereocenters. The van der Waals surface area contributed by atoms with Crippen LogP contribution < -0.4 is 9.03 Å². The number of hydrogen-bond acceptors (Lipinski definition) is 2. The molecular formula is C15H22N2O2S. The number of nitrogens with one attached hydrogen (secondary N) is 1. The van der Waals surface area contributed by atoms with Crippen LogP contribution in [0, 0.1) is 0 Å². The summed E-state index contributed by atoms with van der Waals surface area (Å²) in [6.45, 7) is 7.46. The molecule has 110 valence electrons. The molecule has 0 amide bonds. The maximum Gasteiger partial charge on any atom is 0.301 e. The van der Waals surface area contributed by atoms with Gasteiger partial charge in [0.2, 0.25) is 0 Å². The first-order valence-corrected chi connectivity index (χ1v) is 7.96. The number of para-hydroxylation sites is 1. The molecule has 0 saturated heterocycles. The Hall–Kier alpha value is -1.59. The Morgan fingerprint density at radius 3 is 2.50 bits per heavy atom. The Bertz CT molecular complexity index is 565. The molecule has 0 radical (unpaired) electrons. The Balaban J connectivity index is 2.94. The molecule has 1 rings (SSSR count). The molecule has 1 aromatic rings. The molecule has 0 heterocycles. The minimum atomic E-state index is -3.58. The van der Waals surface area contributed by atoms with E-state index in [1.54, 1.807) is 18.2 Å². The summed E-state index contributed by atoms with van der Waals surface area (Å²) in [5.41, 5.74) is 1.56. The normalized spacial score (nSPS) is 13.8. The Kier molecular flexibility index (Phi) is 5.98. The molecule has 0 bridgehead atoms. The van der Waals surface area contributed by atoms with Crippen LogP contribution in [0.25, 0.3) is 0 Å². The van der Waals surface area contributed by atoms with Crippen LogP contribution in [0.1, 0.15) is 20.3 Å². The first-order chi connectivity index (χ1) is 9.42. The topological polar surface area (TPSA) is 49.4 Å². The van der Waals surface area contributed by atoms with Crippen molar-refractivity contribution in [1.29, 1.82) is 0 Å². The summed E-state index contributed by atoms with van der Waals surface area (Å²) in [4.78, 5) is 0. The fourth-order valence-corrected chi connectivity index (χ4v) is 3.11. The molecule has 1 aromatic carbocycles. The highest BCUT2D eigenvalue weighted by atomic mass is 32.2. The predicted octanol–water partition coefficient (Wildman–Crippen LogP) is 2.87. The van der Waals surface area contributed by atoms with E-state index in [0.717, 1.165) is 5.57 Å². The van der Waals surface area contributed by atoms with Crippen LogP contribution in [0.15, 0.2) is 54.6 Å². The van der Waals surface area contributed by atoms with Gasteiger partial charge in [-0.3, -0.25) is 4.31 Å². The average Bonchev–Trinajstić information content (AvgIpc) is 2.45. The maximum atomic E-state index is 12.4. The van der Waals surface area contributed by atoms with Crippen LogP contribution in [0.4, 0.5) is 5.69 Å². The van der Waals surface area contributed by atoms with Gasteiger partial charge in [0.15, 0.2) is 0 Å². The fourth-order valence-electron chi connectivity index (χ4n) is 1.84. The SMILES string of the molecule is C=C/C=C(\C)[C@H](CC)NS(=O)(=O)N(C)c1ccccc1. The van der Waals surface area contributed by atoms with Crippen LogP contribution in [-0.4, -0.2) is 21.5 Å². The quantitative estimate of drug-likeness (QED) is 0.786. The third-order valence-corrected chi connectivity index (χ3v) is 4.62. The van der Waals surface area contributed by atoms with E-state index in [9.17, 15) is 8.42 Å². The van der Waals surface area contributed by atoms with E-state index in [0.29, 0.717) is 12.1 Å². The van der Waals surface area contributed by atoms with E-state index in [2.05, 4.69) is 11.3 Å².